The number of imidazole rings is 8. The van der Waals surface area contributed by atoms with Crippen molar-refractivity contribution >= 4 is 94.3 Å². The minimum atomic E-state index is -2.27. The molecule has 5 aliphatic heterocycles. The number of hydrogen-bond acceptors (Lipinski definition) is 13. The van der Waals surface area contributed by atoms with Crippen LogP contribution in [-0.2, 0) is 46.7 Å². The smallest absolute Gasteiger partial charge is 0.347 e. The van der Waals surface area contributed by atoms with Crippen LogP contribution in [0.2, 0.25) is 0 Å². The number of nitrogens with zero attached hydrogens (tertiary/aromatic N) is 24. The van der Waals surface area contributed by atoms with Crippen molar-refractivity contribution in [3.05, 3.63) is 267 Å². The molecule has 490 valence electrons. The molecule has 25 nitrogen and oxygen atoms in total. The molecule has 1 aromatic carbocycles. The lowest BCUT2D eigenvalue weighted by atomic mass is 10.2. The number of para-hydroxylation sites is 1. The summed E-state index contributed by atoms with van der Waals surface area (Å²) in [5.74, 6) is 4.48. The SMILES string of the molecule is Cn1c2cnccc2n2c3[n+](cc12)Cc1ncccc1-3.[2H]C([2H])([2H])n1c2cnccc2n2c3[n+](cc12)Cc1ncccc1-3.c1ccc(-n2c3cnccc3n3c4[n+](cc23)Cc2ncccc2-4)cc1.c1cnc2c(c1)-c1n3c(c[n+]1C2)oc1cnccc13.c1cnc2c(c1)-c1sc3nc4cccnn4c3[n+]1C2. The summed E-state index contributed by atoms with van der Waals surface area (Å²) in [7, 11) is 2.08. The van der Waals surface area contributed by atoms with Gasteiger partial charge in [0, 0.05) is 110 Å². The van der Waals surface area contributed by atoms with Crippen molar-refractivity contribution in [3.63, 3.8) is 0 Å². The molecule has 0 saturated carbocycles. The highest BCUT2D eigenvalue weighted by molar-refractivity contribution is 7.20. The molecule has 0 bridgehead atoms. The number of thiazole rings is 1. The Balaban J connectivity index is 0.0000000830. The van der Waals surface area contributed by atoms with Crippen molar-refractivity contribution in [3.8, 4) is 61.8 Å². The van der Waals surface area contributed by atoms with E-state index < -0.39 is 6.98 Å². The number of rotatable bonds is 1. The largest absolute Gasteiger partial charge is 0.414 e. The van der Waals surface area contributed by atoms with Crippen LogP contribution in [0.5, 0.6) is 0 Å². The fourth-order valence-corrected chi connectivity index (χ4v) is 16.9. The maximum absolute atomic E-state index is 7.89. The Morgan fingerprint density at radius 1 is 0.417 bits per heavy atom. The summed E-state index contributed by atoms with van der Waals surface area (Å²) in [6, 6.07) is 42.7. The first kappa shape index (κ1) is 54.1. The molecular formula is C77H55N24OS+5. The lowest BCUT2D eigenvalue weighted by molar-refractivity contribution is -0.670. The molecule has 0 spiro atoms. The number of aromatic nitrogens is 24. The standard InChI is InChI=1S/C20H14N5.2C15H12N5.C14H9N4O.C13H8N5S/c1-2-5-14(6-3-1)24-18-11-21-10-8-17(18)25-19(24)13-23-12-16-15(20(23)25)7-4-9-22-16;2*1-18-13-7-16-6-4-12(13)20-14(18)9-19-8-11-10(15(19)20)3-2-5-17-11;1-2-9-10(16-4-1)7-17-8-13-18(14(9)17)11-3-5-15-6-12(11)19-13;1-3-8-9(14-5-1)7-17-12-11(19-13(8)17)16-10-4-2-6-15-18(10)12/h1-11,13H,12H2;2*2-7,9H,8H2,1H3;1-6,8H,7H2;1-6H,7H2/q5*+1/i;1D3;;;. The lowest BCUT2D eigenvalue weighted by Gasteiger charge is -2.02. The molecule has 26 rings (SSSR count). The first-order chi connectivity index (χ1) is 52.1. The average molecular weight is 1370 g/mol. The highest BCUT2D eigenvalue weighted by Gasteiger charge is 2.39. The Kier molecular flexibility index (Phi) is 11.5. The topological polar surface area (TPSA) is 211 Å². The van der Waals surface area contributed by atoms with Crippen molar-refractivity contribution in [1.82, 2.24) is 90.8 Å². The Morgan fingerprint density at radius 3 is 1.47 bits per heavy atom. The number of oxazole rings is 1. The summed E-state index contributed by atoms with van der Waals surface area (Å²) in [5, 5.41) is 5.62. The zero-order valence-corrected chi connectivity index (χ0v) is 55.4. The Labute approximate surface area is 589 Å². The number of benzene rings is 1. The predicted molar refractivity (Wildman–Crippen MR) is 381 cm³/mol. The molecule has 25 heterocycles. The van der Waals surface area contributed by atoms with Gasteiger partial charge in [0.25, 0.3) is 28.9 Å². The summed E-state index contributed by atoms with van der Waals surface area (Å²) >= 11 is 1.71. The van der Waals surface area contributed by atoms with Crippen molar-refractivity contribution in [2.45, 2.75) is 32.7 Å². The normalized spacial score (nSPS) is 13.5. The fraction of sp³-hybridized carbons (Fsp3) is 0.0909. The van der Waals surface area contributed by atoms with Gasteiger partial charge in [-0.25, -0.2) is 22.8 Å². The Hall–Kier alpha value is -13.9. The lowest BCUT2D eigenvalue weighted by Crippen LogP contribution is -2.32. The van der Waals surface area contributed by atoms with Gasteiger partial charge in [-0.3, -0.25) is 49.4 Å². The van der Waals surface area contributed by atoms with Crippen molar-refractivity contribution in [1.29, 1.82) is 0 Å². The molecule has 26 heteroatoms. The number of fused-ring (bicyclic) bond motifs is 35. The predicted octanol–water partition coefficient (Wildman–Crippen LogP) is 9.51. The Morgan fingerprint density at radius 2 is 0.883 bits per heavy atom. The average Bonchev–Trinajstić information content (AvgIpc) is 1.58. The van der Waals surface area contributed by atoms with Gasteiger partial charge in [0.15, 0.2) is 57.4 Å². The third-order valence-electron chi connectivity index (χ3n) is 20.1. The zero-order chi connectivity index (χ0) is 70.2. The second-order valence-corrected chi connectivity index (χ2v) is 26.7. The van der Waals surface area contributed by atoms with Crippen LogP contribution in [0, 0.1) is 0 Å². The van der Waals surface area contributed by atoms with Crippen molar-refractivity contribution in [2.24, 2.45) is 14.0 Å². The Bertz CT molecular complexity index is 7250. The quantitative estimate of drug-likeness (QED) is 0.141. The van der Waals surface area contributed by atoms with E-state index in [0.717, 1.165) is 138 Å². The van der Waals surface area contributed by atoms with Gasteiger partial charge in [-0.2, -0.15) is 22.6 Å². The second kappa shape index (κ2) is 21.8. The summed E-state index contributed by atoms with van der Waals surface area (Å²) < 4.78 is 57.0. The first-order valence-electron chi connectivity index (χ1n) is 35.0. The molecule has 0 amide bonds. The van der Waals surface area contributed by atoms with E-state index in [0.29, 0.717) is 17.7 Å². The summed E-state index contributed by atoms with van der Waals surface area (Å²) in [6.45, 7) is 1.65. The molecule has 0 N–H and O–H groups in total. The van der Waals surface area contributed by atoms with E-state index in [1.54, 1.807) is 48.5 Å². The molecule has 0 saturated heterocycles. The molecule has 103 heavy (non-hydrogen) atoms. The molecule has 20 aromatic heterocycles. The van der Waals surface area contributed by atoms with E-state index in [9.17, 15) is 0 Å². The third-order valence-corrected chi connectivity index (χ3v) is 21.2. The van der Waals surface area contributed by atoms with Crippen LogP contribution in [-0.4, -0.2) is 90.8 Å². The third kappa shape index (κ3) is 8.33. The van der Waals surface area contributed by atoms with Crippen molar-refractivity contribution < 1.29 is 31.4 Å². The molecule has 21 aromatic rings. The molecular weight excluding hydrogens is 1310 g/mol. The summed E-state index contributed by atoms with van der Waals surface area (Å²) in [6.07, 6.45) is 33.7. The van der Waals surface area contributed by atoms with Crippen LogP contribution in [0.1, 0.15) is 32.6 Å². The van der Waals surface area contributed by atoms with Gasteiger partial charge in [0.1, 0.15) is 49.3 Å². The van der Waals surface area contributed by atoms with Crippen LogP contribution in [0.3, 0.4) is 0 Å². The summed E-state index contributed by atoms with van der Waals surface area (Å²) in [5.41, 5.74) is 26.1. The van der Waals surface area contributed by atoms with Gasteiger partial charge in [-0.15, -0.1) is 0 Å². The van der Waals surface area contributed by atoms with Crippen LogP contribution in [0.25, 0.3) is 145 Å². The fourth-order valence-electron chi connectivity index (χ4n) is 15.8. The van der Waals surface area contributed by atoms with E-state index in [1.807, 2.05) is 138 Å². The van der Waals surface area contributed by atoms with E-state index in [1.165, 1.54) is 54.6 Å². The van der Waals surface area contributed by atoms with Crippen molar-refractivity contribution in [2.75, 3.05) is 0 Å². The van der Waals surface area contributed by atoms with E-state index >= 15 is 0 Å². The first-order valence-corrected chi connectivity index (χ1v) is 34.3. The maximum Gasteiger partial charge on any atom is 0.347 e. The molecule has 5 aliphatic rings. The van der Waals surface area contributed by atoms with Gasteiger partial charge in [-0.05, 0) is 78.9 Å². The van der Waals surface area contributed by atoms with Gasteiger partial charge < -0.3 is 13.6 Å². The molecule has 0 radical (unpaired) electrons. The molecule has 0 aliphatic carbocycles. The zero-order valence-electron chi connectivity index (χ0n) is 57.6. The molecule has 0 fully saturated rings. The maximum atomic E-state index is 7.89. The van der Waals surface area contributed by atoms with Gasteiger partial charge in [-0.1, -0.05) is 39.1 Å². The van der Waals surface area contributed by atoms with E-state index in [2.05, 4.69) is 180 Å². The number of pyridine rings is 9. The number of hydrogen-bond donors (Lipinski definition) is 0. The number of aryl methyl sites for hydroxylation is 2. The highest BCUT2D eigenvalue weighted by atomic mass is 32.1. The monoisotopic (exact) mass is 1370 g/mol. The minimum absolute atomic E-state index is 0.600. The van der Waals surface area contributed by atoms with E-state index in [-0.39, 0.29) is 0 Å². The van der Waals surface area contributed by atoms with Gasteiger partial charge in [0.05, 0.1) is 87.3 Å². The van der Waals surface area contributed by atoms with Gasteiger partial charge in [0.2, 0.25) is 21.8 Å². The summed E-state index contributed by atoms with van der Waals surface area (Å²) in [4.78, 5) is 44.8. The van der Waals surface area contributed by atoms with E-state index in [4.69, 9.17) is 8.53 Å². The highest BCUT2D eigenvalue weighted by Crippen LogP contribution is 2.38. The molecule has 0 unspecified atom stereocenters. The van der Waals surface area contributed by atoms with Crippen LogP contribution >= 0.6 is 11.3 Å². The van der Waals surface area contributed by atoms with Crippen LogP contribution < -0.4 is 22.8 Å². The second-order valence-electron chi connectivity index (χ2n) is 25.7. The van der Waals surface area contributed by atoms with Gasteiger partial charge >= 0.3 is 11.4 Å². The van der Waals surface area contributed by atoms with Crippen LogP contribution in [0.4, 0.5) is 0 Å². The minimum Gasteiger partial charge on any atom is -0.414 e. The van der Waals surface area contributed by atoms with Crippen LogP contribution in [0.15, 0.2) is 243 Å². The molecule has 0 atom stereocenters.